The van der Waals surface area contributed by atoms with Crippen LogP contribution in [-0.2, 0) is 11.3 Å². The van der Waals surface area contributed by atoms with Gasteiger partial charge in [0.2, 0.25) is 5.91 Å². The van der Waals surface area contributed by atoms with E-state index in [1.807, 2.05) is 62.4 Å². The molecule has 4 aromatic rings. The number of hydrogen-bond acceptors (Lipinski definition) is 4. The van der Waals surface area contributed by atoms with E-state index in [1.165, 1.54) is 0 Å². The molecule has 1 aromatic heterocycles. The van der Waals surface area contributed by atoms with Crippen LogP contribution in [0.1, 0.15) is 23.6 Å². The fourth-order valence-electron chi connectivity index (χ4n) is 4.10. The Morgan fingerprint density at radius 1 is 1.06 bits per heavy atom. The van der Waals surface area contributed by atoms with E-state index in [1.54, 1.807) is 32.6 Å². The van der Waals surface area contributed by atoms with Crippen molar-refractivity contribution in [1.29, 1.82) is 0 Å². The molecule has 3 aromatic carbocycles. The average molecular weight is 476 g/mol. The molecule has 1 N–H and O–H groups in total. The molecule has 0 spiro atoms. The molecule has 0 aliphatic rings. The van der Waals surface area contributed by atoms with Gasteiger partial charge in [-0.15, -0.1) is 0 Å². The van der Waals surface area contributed by atoms with E-state index in [0.29, 0.717) is 17.3 Å². The number of carbonyl (C=O) groups is 1. The Hall–Kier alpha value is -3.70. The predicted molar refractivity (Wildman–Crippen MR) is 136 cm³/mol. The number of fused-ring (bicyclic) bond motifs is 1. The number of nitrogens with one attached hydrogen (secondary N) is 1. The summed E-state index contributed by atoms with van der Waals surface area (Å²) in [4.78, 5) is 12.7. The molecular weight excluding hydrogens is 450 g/mol. The fraction of sp³-hybridized carbons (Fsp3) is 0.179. The van der Waals surface area contributed by atoms with E-state index in [0.717, 1.165) is 50.1 Å². The second kappa shape index (κ2) is 10.1. The second-order valence-corrected chi connectivity index (χ2v) is 8.35. The maximum Gasteiger partial charge on any atom is 0.244 e. The molecule has 6 heteroatoms. The summed E-state index contributed by atoms with van der Waals surface area (Å²) >= 11 is 6.20. The monoisotopic (exact) mass is 475 g/mol. The van der Waals surface area contributed by atoms with E-state index in [4.69, 9.17) is 25.5 Å². The zero-order chi connectivity index (χ0) is 24.2. The summed E-state index contributed by atoms with van der Waals surface area (Å²) < 4.78 is 17.2. The quantitative estimate of drug-likeness (QED) is 0.299. The summed E-state index contributed by atoms with van der Waals surface area (Å²) in [6, 6.07) is 17.2. The van der Waals surface area contributed by atoms with Gasteiger partial charge in [0, 0.05) is 45.3 Å². The van der Waals surface area contributed by atoms with Crippen molar-refractivity contribution in [3.63, 3.8) is 0 Å². The van der Waals surface area contributed by atoms with Gasteiger partial charge in [0.1, 0.15) is 17.1 Å². The van der Waals surface area contributed by atoms with Crippen LogP contribution in [0.4, 0.5) is 0 Å². The Morgan fingerprint density at radius 3 is 2.53 bits per heavy atom. The third-order valence-electron chi connectivity index (χ3n) is 5.83. The van der Waals surface area contributed by atoms with Crippen LogP contribution in [0.25, 0.3) is 27.7 Å². The van der Waals surface area contributed by atoms with Crippen molar-refractivity contribution >= 4 is 34.1 Å². The van der Waals surface area contributed by atoms with Gasteiger partial charge in [-0.1, -0.05) is 48.0 Å². The minimum Gasteiger partial charge on any atom is -0.496 e. The minimum absolute atomic E-state index is 0.214. The van der Waals surface area contributed by atoms with Crippen molar-refractivity contribution < 1.29 is 18.7 Å². The first-order valence-corrected chi connectivity index (χ1v) is 11.2. The number of para-hydroxylation sites is 1. The summed E-state index contributed by atoms with van der Waals surface area (Å²) in [6.07, 6.45) is 3.30. The van der Waals surface area contributed by atoms with E-state index in [-0.39, 0.29) is 5.91 Å². The van der Waals surface area contributed by atoms with E-state index in [2.05, 4.69) is 5.32 Å². The van der Waals surface area contributed by atoms with Crippen molar-refractivity contribution in [1.82, 2.24) is 5.32 Å². The topological polar surface area (TPSA) is 60.7 Å². The molecule has 0 aliphatic carbocycles. The van der Waals surface area contributed by atoms with Crippen molar-refractivity contribution in [2.24, 2.45) is 0 Å². The number of ether oxygens (including phenoxy) is 2. The van der Waals surface area contributed by atoms with Gasteiger partial charge in [-0.25, -0.2) is 0 Å². The lowest BCUT2D eigenvalue weighted by Gasteiger charge is -2.14. The zero-order valence-electron chi connectivity index (χ0n) is 19.6. The number of rotatable bonds is 7. The smallest absolute Gasteiger partial charge is 0.244 e. The first-order chi connectivity index (χ1) is 16.4. The number of methoxy groups -OCH3 is 2. The average Bonchev–Trinajstić information content (AvgIpc) is 3.27. The van der Waals surface area contributed by atoms with Crippen LogP contribution in [0, 0.1) is 6.92 Å². The maximum atomic E-state index is 12.7. The highest BCUT2D eigenvalue weighted by Gasteiger charge is 2.20. The van der Waals surface area contributed by atoms with Crippen LogP contribution in [0.3, 0.4) is 0 Å². The summed E-state index contributed by atoms with van der Waals surface area (Å²) in [5.41, 5.74) is 5.88. The molecule has 34 heavy (non-hydrogen) atoms. The molecule has 0 saturated carbocycles. The van der Waals surface area contributed by atoms with Gasteiger partial charge in [-0.05, 0) is 43.2 Å². The predicted octanol–water partition coefficient (Wildman–Crippen LogP) is 6.80. The van der Waals surface area contributed by atoms with Crippen molar-refractivity contribution in [2.75, 3.05) is 14.2 Å². The lowest BCUT2D eigenvalue weighted by atomic mass is 9.96. The van der Waals surface area contributed by atoms with Gasteiger partial charge < -0.3 is 19.2 Å². The highest BCUT2D eigenvalue weighted by atomic mass is 35.5. The number of halogens is 1. The zero-order valence-corrected chi connectivity index (χ0v) is 20.3. The molecule has 5 nitrogen and oxygen atoms in total. The molecule has 0 saturated heterocycles. The van der Waals surface area contributed by atoms with Crippen molar-refractivity contribution in [2.45, 2.75) is 20.4 Å². The van der Waals surface area contributed by atoms with Gasteiger partial charge in [0.15, 0.2) is 0 Å². The summed E-state index contributed by atoms with van der Waals surface area (Å²) in [5, 5.41) is 4.44. The number of furan rings is 1. The molecule has 0 aliphatic heterocycles. The van der Waals surface area contributed by atoms with Gasteiger partial charge in [-0.3, -0.25) is 4.79 Å². The van der Waals surface area contributed by atoms with Crippen LogP contribution in [0.15, 0.2) is 71.4 Å². The molecule has 1 heterocycles. The van der Waals surface area contributed by atoms with Gasteiger partial charge >= 0.3 is 0 Å². The van der Waals surface area contributed by atoms with Crippen LogP contribution in [0.5, 0.6) is 11.5 Å². The molecule has 0 fully saturated rings. The summed E-state index contributed by atoms with van der Waals surface area (Å²) in [5.74, 6) is 1.21. The summed E-state index contributed by atoms with van der Waals surface area (Å²) in [7, 11) is 3.27. The molecule has 0 bridgehead atoms. The normalized spacial score (nSPS) is 11.5. The SMILES string of the molecule is COc1ccccc1-c1coc2c(C)c(OC)c(/C(C)=C/C(=O)NCc3ccccc3Cl)cc12. The number of hydrogen-bond donors (Lipinski definition) is 1. The third kappa shape index (κ3) is 4.52. The molecule has 174 valence electrons. The first-order valence-electron chi connectivity index (χ1n) is 10.9. The minimum atomic E-state index is -0.214. The number of allylic oxidation sites excluding steroid dienone is 1. The molecule has 1 amide bonds. The highest BCUT2D eigenvalue weighted by Crippen LogP contribution is 2.42. The van der Waals surface area contributed by atoms with Crippen LogP contribution >= 0.6 is 11.6 Å². The van der Waals surface area contributed by atoms with Crippen LogP contribution < -0.4 is 14.8 Å². The molecule has 0 unspecified atom stereocenters. The Bertz CT molecular complexity index is 1390. The molecule has 4 rings (SSSR count). The van der Waals surface area contributed by atoms with Gasteiger partial charge in [-0.2, -0.15) is 0 Å². The molecule has 0 radical (unpaired) electrons. The first kappa shape index (κ1) is 23.5. The van der Waals surface area contributed by atoms with E-state index in [9.17, 15) is 4.79 Å². The molecule has 0 atom stereocenters. The third-order valence-corrected chi connectivity index (χ3v) is 6.20. The lowest BCUT2D eigenvalue weighted by molar-refractivity contribution is -0.116. The van der Waals surface area contributed by atoms with Crippen molar-refractivity contribution in [3.05, 3.63) is 88.6 Å². The Morgan fingerprint density at radius 2 is 1.79 bits per heavy atom. The Balaban J connectivity index is 1.72. The lowest BCUT2D eigenvalue weighted by Crippen LogP contribution is -2.20. The van der Waals surface area contributed by atoms with Crippen molar-refractivity contribution in [3.8, 4) is 22.6 Å². The fourth-order valence-corrected chi connectivity index (χ4v) is 4.30. The number of amides is 1. The number of benzene rings is 3. The van der Waals surface area contributed by atoms with Gasteiger partial charge in [0.25, 0.3) is 0 Å². The Kier molecular flexibility index (Phi) is 6.94. The largest absolute Gasteiger partial charge is 0.496 e. The second-order valence-electron chi connectivity index (χ2n) is 7.95. The number of carbonyl (C=O) groups excluding carboxylic acids is 1. The number of aryl methyl sites for hydroxylation is 1. The molecular formula is C28H26ClNO4. The highest BCUT2D eigenvalue weighted by molar-refractivity contribution is 6.31. The summed E-state index contributed by atoms with van der Waals surface area (Å²) in [6.45, 7) is 4.18. The van der Waals surface area contributed by atoms with Crippen LogP contribution in [-0.4, -0.2) is 20.1 Å². The van der Waals surface area contributed by atoms with E-state index < -0.39 is 0 Å². The standard InChI is InChI=1S/C28H26ClNO4/c1-17(13-26(31)30-15-19-9-5-7-11-24(19)29)21-14-22-23(20-10-6-8-12-25(20)32-3)16-34-28(22)18(2)27(21)33-4/h5-14,16H,15H2,1-4H3,(H,30,31)/b17-13+. The van der Waals surface area contributed by atoms with E-state index >= 15 is 0 Å². The van der Waals surface area contributed by atoms with Crippen LogP contribution in [0.2, 0.25) is 5.02 Å². The Labute approximate surface area is 203 Å². The maximum absolute atomic E-state index is 12.7. The van der Waals surface area contributed by atoms with Gasteiger partial charge in [0.05, 0.1) is 20.5 Å².